The second-order valence-electron chi connectivity index (χ2n) is 6.76. The van der Waals surface area contributed by atoms with E-state index in [9.17, 15) is 23.6 Å². The van der Waals surface area contributed by atoms with E-state index in [-0.39, 0.29) is 5.75 Å². The van der Waals surface area contributed by atoms with E-state index in [1.807, 2.05) is 0 Å². The molecular formula is C20H22BrFO10. The van der Waals surface area contributed by atoms with Gasteiger partial charge < -0.3 is 28.4 Å². The molecule has 1 heterocycles. The van der Waals surface area contributed by atoms with Gasteiger partial charge in [0.25, 0.3) is 0 Å². The van der Waals surface area contributed by atoms with E-state index in [1.54, 1.807) is 0 Å². The van der Waals surface area contributed by atoms with E-state index in [2.05, 4.69) is 15.9 Å². The van der Waals surface area contributed by atoms with Crippen molar-refractivity contribution in [2.24, 2.45) is 0 Å². The molecule has 176 valence electrons. The summed E-state index contributed by atoms with van der Waals surface area (Å²) in [5.74, 6) is -4.01. The molecule has 0 amide bonds. The molecule has 1 fully saturated rings. The first-order valence-electron chi connectivity index (χ1n) is 9.40. The van der Waals surface area contributed by atoms with Crippen LogP contribution in [-0.4, -0.2) is 61.2 Å². The third kappa shape index (κ3) is 7.16. The zero-order valence-electron chi connectivity index (χ0n) is 17.7. The number of hydrogen-bond donors (Lipinski definition) is 0. The zero-order valence-corrected chi connectivity index (χ0v) is 19.3. The number of esters is 4. The lowest BCUT2D eigenvalue weighted by atomic mass is 9.98. The molecule has 0 radical (unpaired) electrons. The normalized spacial score (nSPS) is 24.8. The largest absolute Gasteiger partial charge is 0.463 e. The van der Waals surface area contributed by atoms with Gasteiger partial charge >= 0.3 is 23.9 Å². The highest BCUT2D eigenvalue weighted by Crippen LogP contribution is 2.32. The third-order valence-corrected chi connectivity index (χ3v) is 4.58. The number of rotatable bonds is 7. The SMILES string of the molecule is CC(=O)OC[C@H]1O[C@H](Oc2ccc(Br)cc2F)[C@@H](OC(C)=O)[C@H](OC(C)=O)[C@H]1OC(C)=O. The van der Waals surface area contributed by atoms with Gasteiger partial charge in [-0.15, -0.1) is 0 Å². The lowest BCUT2D eigenvalue weighted by molar-refractivity contribution is -0.288. The summed E-state index contributed by atoms with van der Waals surface area (Å²) in [6.07, 6.45) is -6.88. The van der Waals surface area contributed by atoms with Crippen molar-refractivity contribution >= 4 is 39.8 Å². The predicted octanol–water partition coefficient (Wildman–Crippen LogP) is 2.05. The van der Waals surface area contributed by atoms with Gasteiger partial charge in [0.2, 0.25) is 12.4 Å². The topological polar surface area (TPSA) is 124 Å². The van der Waals surface area contributed by atoms with Crippen LogP contribution in [0.25, 0.3) is 0 Å². The molecule has 10 nitrogen and oxygen atoms in total. The van der Waals surface area contributed by atoms with Crippen molar-refractivity contribution in [3.63, 3.8) is 0 Å². The second kappa shape index (κ2) is 11.2. The van der Waals surface area contributed by atoms with Gasteiger partial charge in [0.1, 0.15) is 12.7 Å². The van der Waals surface area contributed by atoms with Gasteiger partial charge in [0.15, 0.2) is 23.8 Å². The maximum Gasteiger partial charge on any atom is 0.303 e. The molecule has 0 unspecified atom stereocenters. The van der Waals surface area contributed by atoms with Crippen LogP contribution in [0.4, 0.5) is 4.39 Å². The summed E-state index contributed by atoms with van der Waals surface area (Å²) in [5.41, 5.74) is 0. The average Bonchev–Trinajstić information content (AvgIpc) is 2.65. The van der Waals surface area contributed by atoms with E-state index >= 15 is 0 Å². The molecule has 1 aliphatic rings. The third-order valence-electron chi connectivity index (χ3n) is 4.09. The Balaban J connectivity index is 2.47. The van der Waals surface area contributed by atoms with Gasteiger partial charge in [-0.05, 0) is 18.2 Å². The minimum Gasteiger partial charge on any atom is -0.463 e. The summed E-state index contributed by atoms with van der Waals surface area (Å²) in [6, 6.07) is 3.94. The minimum absolute atomic E-state index is 0.255. The fourth-order valence-electron chi connectivity index (χ4n) is 2.98. The summed E-state index contributed by atoms with van der Waals surface area (Å²) >= 11 is 3.13. The lowest BCUT2D eigenvalue weighted by Crippen LogP contribution is -2.63. The number of carbonyl (C=O) groups excluding carboxylic acids is 4. The molecule has 32 heavy (non-hydrogen) atoms. The molecule has 0 bridgehead atoms. The fraction of sp³-hybridized carbons (Fsp3) is 0.500. The van der Waals surface area contributed by atoms with Crippen LogP contribution in [0.15, 0.2) is 22.7 Å². The van der Waals surface area contributed by atoms with Gasteiger partial charge in [-0.1, -0.05) is 15.9 Å². The summed E-state index contributed by atoms with van der Waals surface area (Å²) in [6.45, 7) is 4.03. The Labute approximate surface area is 191 Å². The zero-order chi connectivity index (χ0) is 24.0. The summed E-state index contributed by atoms with van der Waals surface area (Å²) in [7, 11) is 0. The van der Waals surface area contributed by atoms with Crippen LogP contribution in [0.3, 0.4) is 0 Å². The Morgan fingerprint density at radius 2 is 1.47 bits per heavy atom. The molecule has 0 N–H and O–H groups in total. The van der Waals surface area contributed by atoms with Crippen LogP contribution in [0.2, 0.25) is 0 Å². The molecule has 1 aromatic rings. The fourth-order valence-corrected chi connectivity index (χ4v) is 3.31. The van der Waals surface area contributed by atoms with Crippen molar-refractivity contribution in [3.05, 3.63) is 28.5 Å². The summed E-state index contributed by atoms with van der Waals surface area (Å²) < 4.78 is 46.9. The quantitative estimate of drug-likeness (QED) is 0.389. The highest BCUT2D eigenvalue weighted by atomic mass is 79.9. The van der Waals surface area contributed by atoms with Crippen LogP contribution >= 0.6 is 15.9 Å². The van der Waals surface area contributed by atoms with Crippen molar-refractivity contribution in [2.45, 2.75) is 58.4 Å². The first-order valence-corrected chi connectivity index (χ1v) is 10.2. The predicted molar refractivity (Wildman–Crippen MR) is 107 cm³/mol. The van der Waals surface area contributed by atoms with Crippen LogP contribution in [0.1, 0.15) is 27.7 Å². The Bertz CT molecular complexity index is 876. The van der Waals surface area contributed by atoms with Crippen molar-refractivity contribution in [1.29, 1.82) is 0 Å². The van der Waals surface area contributed by atoms with Crippen LogP contribution in [-0.2, 0) is 42.9 Å². The van der Waals surface area contributed by atoms with Crippen molar-refractivity contribution in [1.82, 2.24) is 0 Å². The van der Waals surface area contributed by atoms with Crippen molar-refractivity contribution in [3.8, 4) is 5.75 Å². The number of hydrogen-bond acceptors (Lipinski definition) is 10. The molecule has 2 rings (SSSR count). The van der Waals surface area contributed by atoms with Crippen molar-refractivity contribution < 1.29 is 52.0 Å². The van der Waals surface area contributed by atoms with E-state index < -0.39 is 67.0 Å². The van der Waals surface area contributed by atoms with Gasteiger partial charge in [-0.2, -0.15) is 0 Å². The monoisotopic (exact) mass is 520 g/mol. The number of ether oxygens (including phenoxy) is 6. The Morgan fingerprint density at radius 1 is 0.906 bits per heavy atom. The maximum atomic E-state index is 14.4. The smallest absolute Gasteiger partial charge is 0.303 e. The number of carbonyl (C=O) groups is 4. The Kier molecular flexibility index (Phi) is 8.96. The molecule has 5 atom stereocenters. The molecule has 0 aromatic heterocycles. The van der Waals surface area contributed by atoms with Gasteiger partial charge in [0.05, 0.1) is 0 Å². The van der Waals surface area contributed by atoms with E-state index in [1.165, 1.54) is 12.1 Å². The molecular weight excluding hydrogens is 499 g/mol. The van der Waals surface area contributed by atoms with Crippen LogP contribution in [0, 0.1) is 5.82 Å². The average molecular weight is 521 g/mol. The highest BCUT2D eigenvalue weighted by Gasteiger charge is 2.53. The molecule has 12 heteroatoms. The Morgan fingerprint density at radius 3 is 2.00 bits per heavy atom. The molecule has 0 saturated carbocycles. The van der Waals surface area contributed by atoms with Crippen molar-refractivity contribution in [2.75, 3.05) is 6.61 Å². The van der Waals surface area contributed by atoms with Crippen LogP contribution < -0.4 is 4.74 Å². The van der Waals surface area contributed by atoms with Gasteiger partial charge in [-0.3, -0.25) is 19.2 Å². The first-order chi connectivity index (χ1) is 15.0. The summed E-state index contributed by atoms with van der Waals surface area (Å²) in [4.78, 5) is 46.5. The second-order valence-corrected chi connectivity index (χ2v) is 7.68. The summed E-state index contributed by atoms with van der Waals surface area (Å²) in [5, 5.41) is 0. The lowest BCUT2D eigenvalue weighted by Gasteiger charge is -2.43. The highest BCUT2D eigenvalue weighted by molar-refractivity contribution is 9.10. The first kappa shape index (κ1) is 25.5. The van der Waals surface area contributed by atoms with Gasteiger partial charge in [0, 0.05) is 32.2 Å². The van der Waals surface area contributed by atoms with E-state index in [4.69, 9.17) is 28.4 Å². The molecule has 1 aromatic carbocycles. The molecule has 0 aliphatic carbocycles. The standard InChI is InChI=1S/C20H22BrFO10/c1-9(23)27-8-16-17(28-10(2)24)18(29-11(3)25)19(30-12(4)26)20(32-16)31-15-6-5-13(21)7-14(15)22/h5-7,16-20H,8H2,1-4H3/t16-,17+,18-,19+,20+/m1/s1. The molecule has 1 aliphatic heterocycles. The van der Waals surface area contributed by atoms with E-state index in [0.717, 1.165) is 33.8 Å². The minimum atomic E-state index is -1.51. The van der Waals surface area contributed by atoms with Crippen LogP contribution in [0.5, 0.6) is 5.75 Å². The maximum absolute atomic E-state index is 14.4. The number of benzene rings is 1. The Hall–Kier alpha value is -2.73. The molecule has 1 saturated heterocycles. The van der Waals surface area contributed by atoms with E-state index in [0.29, 0.717) is 4.47 Å². The van der Waals surface area contributed by atoms with Gasteiger partial charge in [-0.25, -0.2) is 4.39 Å². The number of halogens is 2. The molecule has 0 spiro atoms.